The van der Waals surface area contributed by atoms with Crippen LogP contribution in [0.2, 0.25) is 0 Å². The smallest absolute Gasteiger partial charge is 0.316 e. The van der Waals surface area contributed by atoms with Crippen LogP contribution in [0.4, 0.5) is 16.2 Å². The van der Waals surface area contributed by atoms with Crippen molar-refractivity contribution in [1.82, 2.24) is 5.32 Å². The summed E-state index contributed by atoms with van der Waals surface area (Å²) in [6, 6.07) is 17.7. The van der Waals surface area contributed by atoms with Crippen molar-refractivity contribution in [2.24, 2.45) is 0 Å². The number of hydrogen-bond donors (Lipinski definition) is 2. The number of carbonyl (C=O) groups excluding carboxylic acids is 1. The molecule has 1 fully saturated rings. The lowest BCUT2D eigenvalue weighted by Gasteiger charge is -2.25. The van der Waals surface area contributed by atoms with Crippen LogP contribution in [0.15, 0.2) is 54.6 Å². The Labute approximate surface area is 137 Å². The first kappa shape index (κ1) is 15.6. The molecule has 0 bridgehead atoms. The molecular weight excluding hydrogens is 286 g/mol. The van der Waals surface area contributed by atoms with Gasteiger partial charge < -0.3 is 10.6 Å². The molecule has 0 aromatic heterocycles. The molecule has 0 saturated carbocycles. The zero-order chi connectivity index (χ0) is 16.1. The van der Waals surface area contributed by atoms with Gasteiger partial charge in [0.15, 0.2) is 0 Å². The van der Waals surface area contributed by atoms with E-state index in [1.165, 1.54) is 18.4 Å². The fourth-order valence-electron chi connectivity index (χ4n) is 2.97. The van der Waals surface area contributed by atoms with Crippen molar-refractivity contribution in [3.63, 3.8) is 0 Å². The van der Waals surface area contributed by atoms with E-state index in [0.717, 1.165) is 24.5 Å². The molecule has 2 N–H and O–H groups in total. The number of benzene rings is 2. The van der Waals surface area contributed by atoms with Gasteiger partial charge in [0, 0.05) is 25.0 Å². The fraction of sp³-hybridized carbons (Fsp3) is 0.316. The highest BCUT2D eigenvalue weighted by atomic mass is 16.2. The highest BCUT2D eigenvalue weighted by molar-refractivity contribution is 6.01. The summed E-state index contributed by atoms with van der Waals surface area (Å²) in [5.74, 6) is 0.536. The molecule has 4 heteroatoms. The summed E-state index contributed by atoms with van der Waals surface area (Å²) >= 11 is 0. The number of nitrogens with one attached hydrogen (secondary N) is 2. The van der Waals surface area contributed by atoms with Gasteiger partial charge in [-0.1, -0.05) is 30.3 Å². The first-order chi connectivity index (χ1) is 11.2. The van der Waals surface area contributed by atoms with Gasteiger partial charge in [-0.05, 0) is 55.1 Å². The minimum Gasteiger partial charge on any atom is -0.316 e. The predicted molar refractivity (Wildman–Crippen MR) is 95.2 cm³/mol. The third-order valence-electron chi connectivity index (χ3n) is 4.36. The molecule has 1 heterocycles. The highest BCUT2D eigenvalue weighted by Crippen LogP contribution is 2.26. The first-order valence-electron chi connectivity index (χ1n) is 8.14. The van der Waals surface area contributed by atoms with Gasteiger partial charge in [-0.2, -0.15) is 0 Å². The molecule has 0 aliphatic carbocycles. The second-order valence-electron chi connectivity index (χ2n) is 5.99. The summed E-state index contributed by atoms with van der Waals surface area (Å²) in [6.45, 7) is 2.12. The van der Waals surface area contributed by atoms with Crippen molar-refractivity contribution >= 4 is 17.4 Å². The van der Waals surface area contributed by atoms with Gasteiger partial charge in [0.25, 0.3) is 0 Å². The molecule has 4 nitrogen and oxygen atoms in total. The summed E-state index contributed by atoms with van der Waals surface area (Å²) in [6.07, 6.45) is 2.41. The standard InChI is InChI=1S/C19H23N3O/c1-22(19(23)21-17-9-3-2-4-10-17)18-11-5-7-15(13-18)16-8-6-12-20-14-16/h2-5,7,9-11,13,16,20H,6,8,12,14H2,1H3,(H,21,23)/t16-/m0/s1. The van der Waals surface area contributed by atoms with Gasteiger partial charge in [0.1, 0.15) is 0 Å². The van der Waals surface area contributed by atoms with Crippen molar-refractivity contribution in [2.75, 3.05) is 30.4 Å². The van der Waals surface area contributed by atoms with Crippen LogP contribution in [0.1, 0.15) is 24.3 Å². The Bertz CT molecular complexity index is 651. The maximum atomic E-state index is 12.4. The van der Waals surface area contributed by atoms with Crippen LogP contribution in [0.5, 0.6) is 0 Å². The third-order valence-corrected chi connectivity index (χ3v) is 4.36. The van der Waals surface area contributed by atoms with Crippen LogP contribution in [-0.4, -0.2) is 26.2 Å². The van der Waals surface area contributed by atoms with Crippen LogP contribution < -0.4 is 15.5 Å². The van der Waals surface area contributed by atoms with E-state index in [1.807, 2.05) is 42.5 Å². The van der Waals surface area contributed by atoms with E-state index in [0.29, 0.717) is 5.92 Å². The zero-order valence-corrected chi connectivity index (χ0v) is 13.5. The predicted octanol–water partition coefficient (Wildman–Crippen LogP) is 3.82. The molecule has 3 rings (SSSR count). The number of carbonyl (C=O) groups is 1. The Morgan fingerprint density at radius 2 is 2.00 bits per heavy atom. The number of anilines is 2. The van der Waals surface area contributed by atoms with E-state index >= 15 is 0 Å². The molecule has 23 heavy (non-hydrogen) atoms. The summed E-state index contributed by atoms with van der Waals surface area (Å²) in [5.41, 5.74) is 3.02. The van der Waals surface area contributed by atoms with Gasteiger partial charge in [0.2, 0.25) is 0 Å². The fourth-order valence-corrected chi connectivity index (χ4v) is 2.97. The lowest BCUT2D eigenvalue weighted by atomic mass is 9.91. The number of piperidine rings is 1. The topological polar surface area (TPSA) is 44.4 Å². The number of nitrogens with zero attached hydrogens (tertiary/aromatic N) is 1. The van der Waals surface area contributed by atoms with Crippen LogP contribution in [0.3, 0.4) is 0 Å². The molecule has 1 aliphatic rings. The number of urea groups is 1. The van der Waals surface area contributed by atoms with Gasteiger partial charge >= 0.3 is 6.03 Å². The van der Waals surface area contributed by atoms with Gasteiger partial charge in [-0.15, -0.1) is 0 Å². The van der Waals surface area contributed by atoms with E-state index in [-0.39, 0.29) is 6.03 Å². The van der Waals surface area contributed by atoms with Gasteiger partial charge in [-0.3, -0.25) is 4.90 Å². The Morgan fingerprint density at radius 1 is 1.17 bits per heavy atom. The third kappa shape index (κ3) is 3.90. The molecular formula is C19H23N3O. The Balaban J connectivity index is 1.71. The summed E-state index contributed by atoms with van der Waals surface area (Å²) in [5, 5.41) is 6.36. The maximum absolute atomic E-state index is 12.4. The molecule has 120 valence electrons. The molecule has 0 spiro atoms. The van der Waals surface area contributed by atoms with Crippen molar-refractivity contribution < 1.29 is 4.79 Å². The minimum absolute atomic E-state index is 0.130. The first-order valence-corrected chi connectivity index (χ1v) is 8.14. The summed E-state index contributed by atoms with van der Waals surface area (Å²) in [7, 11) is 1.80. The SMILES string of the molecule is CN(C(=O)Nc1ccccc1)c1cccc([C@H]2CCCNC2)c1. The molecule has 1 atom stereocenters. The number of rotatable bonds is 3. The average Bonchev–Trinajstić information content (AvgIpc) is 2.63. The molecule has 0 unspecified atom stereocenters. The van der Waals surface area contributed by atoms with Gasteiger partial charge in [0.05, 0.1) is 0 Å². The highest BCUT2D eigenvalue weighted by Gasteiger charge is 2.17. The zero-order valence-electron chi connectivity index (χ0n) is 13.5. The van der Waals surface area contributed by atoms with Crippen molar-refractivity contribution in [2.45, 2.75) is 18.8 Å². The molecule has 1 aliphatic heterocycles. The van der Waals surface area contributed by atoms with Crippen molar-refractivity contribution in [1.29, 1.82) is 0 Å². The maximum Gasteiger partial charge on any atom is 0.326 e. The van der Waals surface area contributed by atoms with Crippen LogP contribution in [0.25, 0.3) is 0 Å². The van der Waals surface area contributed by atoms with E-state index in [1.54, 1.807) is 11.9 Å². The van der Waals surface area contributed by atoms with Crippen LogP contribution in [-0.2, 0) is 0 Å². The number of hydrogen-bond acceptors (Lipinski definition) is 2. The normalized spacial score (nSPS) is 17.5. The summed E-state index contributed by atoms with van der Waals surface area (Å²) in [4.78, 5) is 14.1. The quantitative estimate of drug-likeness (QED) is 0.905. The Kier molecular flexibility index (Phi) is 4.93. The monoisotopic (exact) mass is 309 g/mol. The summed E-state index contributed by atoms with van der Waals surface area (Å²) < 4.78 is 0. The Hall–Kier alpha value is -2.33. The van der Waals surface area contributed by atoms with E-state index in [2.05, 4.69) is 22.8 Å². The van der Waals surface area contributed by atoms with Crippen LogP contribution in [0, 0.1) is 0 Å². The minimum atomic E-state index is -0.130. The van der Waals surface area contributed by atoms with Crippen LogP contribution >= 0.6 is 0 Å². The van der Waals surface area contributed by atoms with Crippen molar-refractivity contribution in [3.05, 3.63) is 60.2 Å². The Morgan fingerprint density at radius 3 is 2.74 bits per heavy atom. The largest absolute Gasteiger partial charge is 0.326 e. The molecule has 2 aromatic carbocycles. The van der Waals surface area contributed by atoms with E-state index in [4.69, 9.17) is 0 Å². The lowest BCUT2D eigenvalue weighted by Crippen LogP contribution is -2.31. The molecule has 2 aromatic rings. The van der Waals surface area contributed by atoms with Crippen molar-refractivity contribution in [3.8, 4) is 0 Å². The second kappa shape index (κ2) is 7.29. The van der Waals surface area contributed by atoms with Gasteiger partial charge in [-0.25, -0.2) is 4.79 Å². The van der Waals surface area contributed by atoms with E-state index in [9.17, 15) is 4.79 Å². The van der Waals surface area contributed by atoms with E-state index < -0.39 is 0 Å². The molecule has 0 radical (unpaired) electrons. The number of para-hydroxylation sites is 1. The second-order valence-corrected chi connectivity index (χ2v) is 5.99. The number of amides is 2. The average molecular weight is 309 g/mol. The molecule has 2 amide bonds. The molecule has 1 saturated heterocycles. The lowest BCUT2D eigenvalue weighted by molar-refractivity contribution is 0.258.